The molecule has 1 saturated heterocycles. The Morgan fingerprint density at radius 3 is 2.53 bits per heavy atom. The summed E-state index contributed by atoms with van der Waals surface area (Å²) in [6.07, 6.45) is 8.36. The van der Waals surface area contributed by atoms with Crippen molar-refractivity contribution in [1.82, 2.24) is 14.5 Å². The number of carbonyl (C=O) groups is 2. The summed E-state index contributed by atoms with van der Waals surface area (Å²) in [5, 5.41) is 2.55. The minimum Gasteiger partial charge on any atom is -0.342 e. The molecule has 3 atom stereocenters. The van der Waals surface area contributed by atoms with Gasteiger partial charge in [-0.25, -0.2) is 8.42 Å². The second kappa shape index (κ2) is 8.41. The van der Waals surface area contributed by atoms with Crippen LogP contribution in [0.1, 0.15) is 44.1 Å². The van der Waals surface area contributed by atoms with Gasteiger partial charge < -0.3 is 10.2 Å². The lowest BCUT2D eigenvalue weighted by molar-refractivity contribution is -0.138. The Hall–Kier alpha value is -2.35. The molecular weight excluding hydrogens is 402 g/mol. The van der Waals surface area contributed by atoms with Gasteiger partial charge in [-0.1, -0.05) is 37.0 Å². The van der Waals surface area contributed by atoms with Gasteiger partial charge >= 0.3 is 0 Å². The smallest absolute Gasteiger partial charge is 0.264 e. The second-order valence-electron chi connectivity index (χ2n) is 8.63. The van der Waals surface area contributed by atoms with Gasteiger partial charge in [-0.05, 0) is 43.7 Å². The van der Waals surface area contributed by atoms with Crippen molar-refractivity contribution < 1.29 is 18.0 Å². The molecule has 2 heterocycles. The molecule has 2 aliphatic heterocycles. The highest BCUT2D eigenvalue weighted by atomic mass is 32.2. The summed E-state index contributed by atoms with van der Waals surface area (Å²) in [4.78, 5) is 27.5. The van der Waals surface area contributed by atoms with Crippen LogP contribution in [0.5, 0.6) is 0 Å². The summed E-state index contributed by atoms with van der Waals surface area (Å²) in [5.74, 6) is 0.596. The van der Waals surface area contributed by atoms with Crippen molar-refractivity contribution >= 4 is 21.8 Å². The molecule has 2 amide bonds. The number of rotatable bonds is 4. The third-order valence-corrected chi connectivity index (χ3v) is 8.46. The summed E-state index contributed by atoms with van der Waals surface area (Å²) in [6, 6.07) is 5.40. The van der Waals surface area contributed by atoms with Crippen molar-refractivity contribution in [3.63, 3.8) is 0 Å². The van der Waals surface area contributed by atoms with Crippen LogP contribution in [0.15, 0.2) is 41.6 Å². The number of fused-ring (bicyclic) bond motifs is 1. The lowest BCUT2D eigenvalue weighted by Crippen LogP contribution is -2.52. The number of aryl methyl sites for hydroxylation is 1. The maximum Gasteiger partial charge on any atom is 0.264 e. The average molecular weight is 432 g/mol. The number of benzene rings is 1. The van der Waals surface area contributed by atoms with Crippen molar-refractivity contribution in [1.29, 1.82) is 0 Å². The van der Waals surface area contributed by atoms with Gasteiger partial charge in [-0.3, -0.25) is 13.9 Å². The van der Waals surface area contributed by atoms with Gasteiger partial charge in [-0.2, -0.15) is 0 Å². The number of nitrogens with zero attached hydrogens (tertiary/aromatic N) is 2. The van der Waals surface area contributed by atoms with Crippen LogP contribution in [0.25, 0.3) is 0 Å². The highest BCUT2D eigenvalue weighted by molar-refractivity contribution is 7.89. The molecule has 0 aromatic heterocycles. The van der Waals surface area contributed by atoms with E-state index in [1.165, 1.54) is 43.8 Å². The summed E-state index contributed by atoms with van der Waals surface area (Å²) < 4.78 is 27.4. The molecule has 2 fully saturated rings. The van der Waals surface area contributed by atoms with E-state index in [0.717, 1.165) is 29.3 Å². The molecule has 162 valence electrons. The van der Waals surface area contributed by atoms with Crippen molar-refractivity contribution in [3.05, 3.63) is 42.2 Å². The summed E-state index contributed by atoms with van der Waals surface area (Å²) in [7, 11) is -3.94. The van der Waals surface area contributed by atoms with Crippen LogP contribution in [-0.2, 0) is 19.6 Å². The number of sulfonamides is 1. The number of carbonyl (C=O) groups excluding carboxylic acids is 2. The van der Waals surface area contributed by atoms with Crippen LogP contribution >= 0.6 is 0 Å². The molecule has 1 N–H and O–H groups in total. The van der Waals surface area contributed by atoms with Gasteiger partial charge in [0.1, 0.15) is 6.04 Å². The first-order chi connectivity index (χ1) is 14.4. The van der Waals surface area contributed by atoms with Crippen LogP contribution in [0.2, 0.25) is 0 Å². The minimum absolute atomic E-state index is 0.105. The predicted octanol–water partition coefficient (Wildman–Crippen LogP) is 2.38. The van der Waals surface area contributed by atoms with Crippen molar-refractivity contribution in [2.75, 3.05) is 13.1 Å². The largest absolute Gasteiger partial charge is 0.342 e. The third kappa shape index (κ3) is 4.10. The maximum atomic E-state index is 13.2. The van der Waals surface area contributed by atoms with Crippen LogP contribution in [0.4, 0.5) is 0 Å². The van der Waals surface area contributed by atoms with E-state index in [-0.39, 0.29) is 17.2 Å². The molecule has 0 unspecified atom stereocenters. The summed E-state index contributed by atoms with van der Waals surface area (Å²) in [6.45, 7) is 3.29. The first-order valence-electron chi connectivity index (χ1n) is 10.7. The molecular formula is C22H29N3O4S. The second-order valence-corrected chi connectivity index (χ2v) is 10.5. The molecule has 1 aliphatic carbocycles. The van der Waals surface area contributed by atoms with Gasteiger partial charge in [0.25, 0.3) is 10.0 Å². The first kappa shape index (κ1) is 20.9. The highest BCUT2D eigenvalue weighted by Crippen LogP contribution is 2.36. The molecule has 30 heavy (non-hydrogen) atoms. The molecule has 1 aromatic rings. The molecule has 3 aliphatic rings. The molecule has 0 radical (unpaired) electrons. The van der Waals surface area contributed by atoms with E-state index in [2.05, 4.69) is 5.32 Å². The van der Waals surface area contributed by atoms with Crippen molar-refractivity contribution in [3.8, 4) is 0 Å². The molecule has 0 bridgehead atoms. The number of amides is 2. The summed E-state index contributed by atoms with van der Waals surface area (Å²) >= 11 is 0. The zero-order chi connectivity index (χ0) is 21.3. The maximum absolute atomic E-state index is 13.2. The molecule has 7 nitrogen and oxygen atoms in total. The van der Waals surface area contributed by atoms with E-state index >= 15 is 0 Å². The van der Waals surface area contributed by atoms with E-state index in [1.807, 2.05) is 11.8 Å². The zero-order valence-electron chi connectivity index (χ0n) is 17.3. The SMILES string of the molecule is Cc1ccc(S(=O)(=O)N2C=CNC(=O)[C@H]2CC(=O)N2CC[C@@H]3CCCC[C@H]3C2)cc1. The number of likely N-dealkylation sites (tertiary alicyclic amines) is 1. The van der Waals surface area contributed by atoms with Crippen molar-refractivity contribution in [2.24, 2.45) is 11.8 Å². The van der Waals surface area contributed by atoms with Crippen LogP contribution in [-0.4, -0.2) is 48.6 Å². The van der Waals surface area contributed by atoms with E-state index in [0.29, 0.717) is 18.4 Å². The van der Waals surface area contributed by atoms with Crippen LogP contribution in [0.3, 0.4) is 0 Å². The fourth-order valence-corrected chi connectivity index (χ4v) is 6.34. The van der Waals surface area contributed by atoms with Gasteiger partial charge in [0, 0.05) is 25.5 Å². The number of piperidine rings is 1. The number of hydrogen-bond donors (Lipinski definition) is 1. The van der Waals surface area contributed by atoms with Gasteiger partial charge in [0.05, 0.1) is 11.3 Å². The topological polar surface area (TPSA) is 86.8 Å². The average Bonchev–Trinajstić information content (AvgIpc) is 2.75. The van der Waals surface area contributed by atoms with Gasteiger partial charge in [0.2, 0.25) is 11.8 Å². The van der Waals surface area contributed by atoms with Gasteiger partial charge in [-0.15, -0.1) is 0 Å². The Labute approximate surface area is 178 Å². The Balaban J connectivity index is 1.51. The molecule has 0 spiro atoms. The van der Waals surface area contributed by atoms with E-state index in [1.54, 1.807) is 12.1 Å². The van der Waals surface area contributed by atoms with Crippen molar-refractivity contribution in [2.45, 2.75) is 56.4 Å². The Morgan fingerprint density at radius 2 is 1.80 bits per heavy atom. The highest BCUT2D eigenvalue weighted by Gasteiger charge is 2.39. The molecule has 8 heteroatoms. The Kier molecular flexibility index (Phi) is 5.86. The fraction of sp³-hybridized carbons (Fsp3) is 0.545. The van der Waals surface area contributed by atoms with E-state index < -0.39 is 22.0 Å². The van der Waals surface area contributed by atoms with Crippen LogP contribution < -0.4 is 5.32 Å². The molecule has 1 saturated carbocycles. The number of nitrogens with one attached hydrogen (secondary N) is 1. The predicted molar refractivity (Wildman–Crippen MR) is 113 cm³/mol. The Morgan fingerprint density at radius 1 is 1.10 bits per heavy atom. The first-order valence-corrected chi connectivity index (χ1v) is 12.2. The minimum atomic E-state index is -3.94. The number of hydrogen-bond acceptors (Lipinski definition) is 4. The molecule has 1 aromatic carbocycles. The molecule has 4 rings (SSSR count). The third-order valence-electron chi connectivity index (χ3n) is 6.67. The van der Waals surface area contributed by atoms with Gasteiger partial charge in [0.15, 0.2) is 0 Å². The lowest BCUT2D eigenvalue weighted by Gasteiger charge is -2.42. The lowest BCUT2D eigenvalue weighted by atomic mass is 9.75. The van der Waals surface area contributed by atoms with Crippen LogP contribution in [0, 0.1) is 18.8 Å². The standard InChI is InChI=1S/C22H29N3O4S/c1-16-6-8-19(9-7-16)30(28,29)25-13-11-23-22(27)20(25)14-21(26)24-12-10-17-4-2-3-5-18(17)15-24/h6-9,11,13,17-18,20H,2-5,10,12,14-15H2,1H3,(H,23,27)/t17-,18-,20+/m0/s1. The fourth-order valence-electron chi connectivity index (χ4n) is 4.89. The van der Waals surface area contributed by atoms with E-state index in [9.17, 15) is 18.0 Å². The zero-order valence-corrected chi connectivity index (χ0v) is 18.1. The van der Waals surface area contributed by atoms with E-state index in [4.69, 9.17) is 0 Å². The summed E-state index contributed by atoms with van der Waals surface area (Å²) in [5.41, 5.74) is 0.943. The quantitative estimate of drug-likeness (QED) is 0.793. The Bertz CT molecular complexity index is 942. The normalized spacial score (nSPS) is 26.8. The monoisotopic (exact) mass is 431 g/mol.